The van der Waals surface area contributed by atoms with Gasteiger partial charge in [0, 0.05) is 39.9 Å². The summed E-state index contributed by atoms with van der Waals surface area (Å²) in [5.74, 6) is -3.36. The Morgan fingerprint density at radius 3 is 2.71 bits per heavy atom. The predicted molar refractivity (Wildman–Crippen MR) is 166 cm³/mol. The summed E-state index contributed by atoms with van der Waals surface area (Å²) < 4.78 is 52.6. The highest BCUT2D eigenvalue weighted by atomic mass is 32.1. The summed E-state index contributed by atoms with van der Waals surface area (Å²) >= 11 is 1.39. The third kappa shape index (κ3) is 5.09. The van der Waals surface area contributed by atoms with Gasteiger partial charge >= 0.3 is 0 Å². The second kappa shape index (κ2) is 11.1. The first-order valence-corrected chi connectivity index (χ1v) is 15.6. The molecule has 0 saturated carbocycles. The second-order valence-electron chi connectivity index (χ2n) is 11.6. The number of hydrogen-bond acceptors (Lipinski definition) is 6. The van der Waals surface area contributed by atoms with Crippen molar-refractivity contribution in [2.24, 2.45) is 0 Å². The minimum Gasteiger partial charge on any atom is -0.490 e. The monoisotopic (exact) mass is 630 g/mol. The highest BCUT2D eigenvalue weighted by Crippen LogP contribution is 2.48. The van der Waals surface area contributed by atoms with Crippen LogP contribution in [0.4, 0.5) is 13.2 Å². The summed E-state index contributed by atoms with van der Waals surface area (Å²) in [6, 6.07) is 11.6. The van der Waals surface area contributed by atoms with Crippen molar-refractivity contribution in [3.8, 4) is 39.5 Å². The van der Waals surface area contributed by atoms with Crippen LogP contribution in [0.1, 0.15) is 43.2 Å². The Balaban J connectivity index is 1.49. The molecule has 2 aliphatic rings. The SMILES string of the molecule is C=C(F)C(=O)N1CCn2nc(-c3nc(-c4ccc5c(c4)C(O)CC5)c4ccsc4c3-c3c(F)cc(F)cc3OC(C)C)cc2C1. The number of aromatic nitrogens is 3. The number of nitrogens with zero attached hydrogens (tertiary/aromatic N) is 4. The van der Waals surface area contributed by atoms with Crippen molar-refractivity contribution in [1.29, 1.82) is 0 Å². The maximum Gasteiger partial charge on any atom is 0.282 e. The number of aryl methyl sites for hydroxylation is 1. The molecule has 7 rings (SSSR count). The molecule has 1 aliphatic carbocycles. The molecule has 1 aliphatic heterocycles. The van der Waals surface area contributed by atoms with Crippen molar-refractivity contribution in [1.82, 2.24) is 19.7 Å². The lowest BCUT2D eigenvalue weighted by Crippen LogP contribution is -2.38. The largest absolute Gasteiger partial charge is 0.490 e. The standard InChI is InChI=1S/C34H29F3N4O3S/c1-17(2)44-28-14-21(36)13-25(37)29(28)30-32(26-15-22-16-40(34(43)18(3)35)9-10-41(22)39-26)38-31(23-8-11-45-33(23)30)20-5-4-19-6-7-27(42)24(19)12-20/h4-5,8,11-15,17,27,42H,3,6-7,9-10,16H2,1-2H3. The number of rotatable bonds is 6. The molecule has 1 N–H and O–H groups in total. The lowest BCUT2D eigenvalue weighted by Gasteiger charge is -2.26. The zero-order chi connectivity index (χ0) is 31.6. The molecule has 0 bridgehead atoms. The zero-order valence-corrected chi connectivity index (χ0v) is 25.4. The Morgan fingerprint density at radius 1 is 1.11 bits per heavy atom. The van der Waals surface area contributed by atoms with E-state index in [1.54, 1.807) is 24.6 Å². The first-order chi connectivity index (χ1) is 21.6. The lowest BCUT2D eigenvalue weighted by atomic mass is 9.95. The van der Waals surface area contributed by atoms with Gasteiger partial charge in [-0.3, -0.25) is 9.48 Å². The smallest absolute Gasteiger partial charge is 0.282 e. The van der Waals surface area contributed by atoms with Gasteiger partial charge in [-0.15, -0.1) is 11.3 Å². The van der Waals surface area contributed by atoms with E-state index in [4.69, 9.17) is 14.8 Å². The molecule has 0 saturated heterocycles. The fourth-order valence-electron chi connectivity index (χ4n) is 6.26. The van der Waals surface area contributed by atoms with Crippen molar-refractivity contribution in [2.75, 3.05) is 6.54 Å². The van der Waals surface area contributed by atoms with Gasteiger partial charge in [0.1, 0.15) is 28.8 Å². The van der Waals surface area contributed by atoms with Gasteiger partial charge in [0.15, 0.2) is 5.83 Å². The fourth-order valence-corrected chi connectivity index (χ4v) is 7.20. The molecule has 1 amide bonds. The van der Waals surface area contributed by atoms with Gasteiger partial charge in [0.05, 0.1) is 42.2 Å². The molecule has 0 fully saturated rings. The minimum absolute atomic E-state index is 0.0378. The first-order valence-electron chi connectivity index (χ1n) is 14.7. The van der Waals surface area contributed by atoms with Gasteiger partial charge in [0.25, 0.3) is 5.91 Å². The summed E-state index contributed by atoms with van der Waals surface area (Å²) in [4.78, 5) is 18.8. The lowest BCUT2D eigenvalue weighted by molar-refractivity contribution is -0.130. The molecule has 230 valence electrons. The molecule has 4 heterocycles. The van der Waals surface area contributed by atoms with Crippen LogP contribution in [0.25, 0.3) is 43.9 Å². The molecule has 0 radical (unpaired) electrons. The average molecular weight is 631 g/mol. The molecule has 11 heteroatoms. The maximum atomic E-state index is 16.0. The summed E-state index contributed by atoms with van der Waals surface area (Å²) in [5, 5.41) is 18.1. The van der Waals surface area contributed by atoms with E-state index in [1.807, 2.05) is 29.6 Å². The number of amides is 1. The number of fused-ring (bicyclic) bond motifs is 3. The highest BCUT2D eigenvalue weighted by Gasteiger charge is 2.30. The first kappa shape index (κ1) is 29.2. The van der Waals surface area contributed by atoms with Crippen LogP contribution in [0.3, 0.4) is 0 Å². The van der Waals surface area contributed by atoms with Crippen LogP contribution in [0.15, 0.2) is 60.3 Å². The molecule has 5 aromatic rings. The van der Waals surface area contributed by atoms with Gasteiger partial charge in [-0.05, 0) is 61.4 Å². The van der Waals surface area contributed by atoms with Crippen molar-refractivity contribution >= 4 is 27.3 Å². The number of benzene rings is 2. The number of carbonyl (C=O) groups is 1. The quantitative estimate of drug-likeness (QED) is 0.198. The molecule has 0 spiro atoms. The number of aliphatic hydroxyl groups is 1. The molecule has 2 aromatic carbocycles. The van der Waals surface area contributed by atoms with Crippen molar-refractivity contribution < 1.29 is 27.8 Å². The van der Waals surface area contributed by atoms with Crippen molar-refractivity contribution in [3.05, 3.63) is 88.7 Å². The van der Waals surface area contributed by atoms with Crippen molar-refractivity contribution in [3.63, 3.8) is 0 Å². The van der Waals surface area contributed by atoms with Gasteiger partial charge < -0.3 is 14.7 Å². The Hall–Kier alpha value is -4.48. The number of aliphatic hydroxyl groups excluding tert-OH is 1. The van der Waals surface area contributed by atoms with E-state index in [2.05, 4.69) is 6.58 Å². The zero-order valence-electron chi connectivity index (χ0n) is 24.6. The molecule has 1 atom stereocenters. The van der Waals surface area contributed by atoms with E-state index < -0.39 is 29.5 Å². The van der Waals surface area contributed by atoms with E-state index in [0.717, 1.165) is 34.6 Å². The van der Waals surface area contributed by atoms with Crippen LogP contribution in [0, 0.1) is 11.6 Å². The number of thiophene rings is 1. The number of carbonyl (C=O) groups excluding carboxylic acids is 1. The molecule has 1 unspecified atom stereocenters. The predicted octanol–water partition coefficient (Wildman–Crippen LogP) is 7.36. The Kier molecular flexibility index (Phi) is 7.25. The van der Waals surface area contributed by atoms with Crippen molar-refractivity contribution in [2.45, 2.75) is 52.0 Å². The third-order valence-corrected chi connectivity index (χ3v) is 9.20. The Labute approximate surface area is 261 Å². The summed E-state index contributed by atoms with van der Waals surface area (Å²) in [5.41, 5.74) is 5.21. The molecule has 7 nitrogen and oxygen atoms in total. The third-order valence-electron chi connectivity index (χ3n) is 8.26. The van der Waals surface area contributed by atoms with Crippen LogP contribution in [0.5, 0.6) is 5.75 Å². The van der Waals surface area contributed by atoms with Gasteiger partial charge in [-0.25, -0.2) is 18.2 Å². The van der Waals surface area contributed by atoms with Gasteiger partial charge in [0.2, 0.25) is 0 Å². The number of pyridine rings is 1. The topological polar surface area (TPSA) is 80.5 Å². The normalized spacial score (nSPS) is 15.9. The number of halogens is 3. The van der Waals surface area contributed by atoms with E-state index in [9.17, 15) is 18.7 Å². The van der Waals surface area contributed by atoms with E-state index in [0.29, 0.717) is 46.0 Å². The van der Waals surface area contributed by atoms with Crippen LogP contribution >= 0.6 is 11.3 Å². The average Bonchev–Trinajstić information content (AvgIpc) is 3.74. The number of hydrogen-bond donors (Lipinski definition) is 1. The van der Waals surface area contributed by atoms with Crippen LogP contribution < -0.4 is 4.74 Å². The molecule has 45 heavy (non-hydrogen) atoms. The van der Waals surface area contributed by atoms with Crippen LogP contribution in [-0.4, -0.2) is 43.3 Å². The fraction of sp³-hybridized carbons (Fsp3) is 0.265. The summed E-state index contributed by atoms with van der Waals surface area (Å²) in [6.07, 6.45) is 0.514. The molecule has 3 aromatic heterocycles. The number of ether oxygens (including phenoxy) is 1. The Morgan fingerprint density at radius 2 is 1.93 bits per heavy atom. The van der Waals surface area contributed by atoms with Gasteiger partial charge in [-0.2, -0.15) is 5.10 Å². The summed E-state index contributed by atoms with van der Waals surface area (Å²) in [7, 11) is 0. The molecular formula is C34H29F3N4O3S. The maximum absolute atomic E-state index is 16.0. The van der Waals surface area contributed by atoms with Crippen LogP contribution in [0.2, 0.25) is 0 Å². The van der Waals surface area contributed by atoms with E-state index in [1.165, 1.54) is 22.3 Å². The van der Waals surface area contributed by atoms with Gasteiger partial charge in [-0.1, -0.05) is 18.7 Å². The highest BCUT2D eigenvalue weighted by molar-refractivity contribution is 7.18. The molecular weight excluding hydrogens is 601 g/mol. The minimum atomic E-state index is -1.04. The second-order valence-corrected chi connectivity index (χ2v) is 12.5. The van der Waals surface area contributed by atoms with E-state index in [-0.39, 0.29) is 30.5 Å². The Bertz CT molecular complexity index is 2020. The summed E-state index contributed by atoms with van der Waals surface area (Å²) in [6.45, 7) is 7.35. The van der Waals surface area contributed by atoms with Crippen LogP contribution in [-0.2, 0) is 24.3 Å². The van der Waals surface area contributed by atoms with E-state index >= 15 is 4.39 Å².